The Kier molecular flexibility index (Phi) is 6.39. The van der Waals surface area contributed by atoms with Gasteiger partial charge in [-0.3, -0.25) is 14.9 Å². The van der Waals surface area contributed by atoms with Gasteiger partial charge in [-0.2, -0.15) is 0 Å². The molecule has 2 aromatic carbocycles. The number of nitrogens with one attached hydrogen (secondary N) is 1. The number of nitrogens with zero attached hydrogens (tertiary/aromatic N) is 2. The summed E-state index contributed by atoms with van der Waals surface area (Å²) in [5, 5.41) is 14.2. The molecule has 2 rings (SSSR count). The van der Waals surface area contributed by atoms with E-state index in [0.717, 1.165) is 0 Å². The quantitative estimate of drug-likeness (QED) is 0.514. The lowest BCUT2D eigenvalue weighted by Gasteiger charge is -2.22. The average molecular weight is 427 g/mol. The number of rotatable bonds is 6. The Hall–Kier alpha value is -2.12. The van der Waals surface area contributed by atoms with E-state index in [-0.39, 0.29) is 16.6 Å². The molecular formula is C17H17BrClN3O3. The molecule has 0 spiro atoms. The molecule has 132 valence electrons. The summed E-state index contributed by atoms with van der Waals surface area (Å²) in [4.78, 5) is 25.2. The minimum absolute atomic E-state index is 0.0902. The SMILES string of the molecule is CCN(CC)c1cc(NC(=O)c2ccccc2Br)c(Cl)cc1[N+](=O)[O-]. The molecule has 2 aromatic rings. The highest BCUT2D eigenvalue weighted by molar-refractivity contribution is 9.10. The van der Waals surface area contributed by atoms with Crippen molar-refractivity contribution in [2.75, 3.05) is 23.3 Å². The second-order valence-electron chi connectivity index (χ2n) is 5.18. The highest BCUT2D eigenvalue weighted by atomic mass is 79.9. The van der Waals surface area contributed by atoms with Crippen molar-refractivity contribution >= 4 is 50.5 Å². The third kappa shape index (κ3) is 4.29. The number of nitro groups is 1. The van der Waals surface area contributed by atoms with Gasteiger partial charge in [-0.1, -0.05) is 23.7 Å². The molecule has 0 aliphatic carbocycles. The lowest BCUT2D eigenvalue weighted by atomic mass is 10.2. The summed E-state index contributed by atoms with van der Waals surface area (Å²) in [5.41, 5.74) is 1.10. The van der Waals surface area contributed by atoms with Crippen molar-refractivity contribution < 1.29 is 9.72 Å². The van der Waals surface area contributed by atoms with Crippen molar-refractivity contribution in [1.82, 2.24) is 0 Å². The topological polar surface area (TPSA) is 75.5 Å². The third-order valence-electron chi connectivity index (χ3n) is 3.73. The summed E-state index contributed by atoms with van der Waals surface area (Å²) in [6.45, 7) is 5.00. The number of amides is 1. The summed E-state index contributed by atoms with van der Waals surface area (Å²) in [5.74, 6) is -0.353. The van der Waals surface area contributed by atoms with E-state index in [1.165, 1.54) is 6.07 Å². The highest BCUT2D eigenvalue weighted by Crippen LogP contribution is 2.37. The maximum atomic E-state index is 12.5. The first-order valence-electron chi connectivity index (χ1n) is 7.67. The van der Waals surface area contributed by atoms with Crippen LogP contribution in [0.3, 0.4) is 0 Å². The van der Waals surface area contributed by atoms with E-state index in [1.54, 1.807) is 30.3 Å². The zero-order valence-corrected chi connectivity index (χ0v) is 16.1. The maximum Gasteiger partial charge on any atom is 0.294 e. The zero-order valence-electron chi connectivity index (χ0n) is 13.8. The van der Waals surface area contributed by atoms with Crippen LogP contribution in [0.2, 0.25) is 5.02 Å². The van der Waals surface area contributed by atoms with Crippen LogP contribution in [-0.2, 0) is 0 Å². The third-order valence-corrected chi connectivity index (χ3v) is 4.74. The summed E-state index contributed by atoms with van der Waals surface area (Å²) in [7, 11) is 0. The Morgan fingerprint density at radius 2 is 1.92 bits per heavy atom. The monoisotopic (exact) mass is 425 g/mol. The predicted molar refractivity (Wildman–Crippen MR) is 104 cm³/mol. The number of hydrogen-bond donors (Lipinski definition) is 1. The van der Waals surface area contributed by atoms with Crippen LogP contribution in [0.15, 0.2) is 40.9 Å². The van der Waals surface area contributed by atoms with Crippen LogP contribution in [0.4, 0.5) is 17.1 Å². The minimum atomic E-state index is -0.473. The minimum Gasteiger partial charge on any atom is -0.366 e. The summed E-state index contributed by atoms with van der Waals surface area (Å²) in [6, 6.07) is 9.79. The molecule has 0 atom stereocenters. The molecule has 0 aliphatic heterocycles. The van der Waals surface area contributed by atoms with Gasteiger partial charge in [-0.05, 0) is 48.0 Å². The molecule has 0 unspecified atom stereocenters. The largest absolute Gasteiger partial charge is 0.366 e. The molecule has 6 nitrogen and oxygen atoms in total. The van der Waals surface area contributed by atoms with Crippen LogP contribution in [0.25, 0.3) is 0 Å². The first-order valence-corrected chi connectivity index (χ1v) is 8.84. The van der Waals surface area contributed by atoms with Gasteiger partial charge in [0.05, 0.1) is 21.2 Å². The molecule has 0 bridgehead atoms. The van der Waals surface area contributed by atoms with Gasteiger partial charge in [0.15, 0.2) is 0 Å². The van der Waals surface area contributed by atoms with Crippen LogP contribution >= 0.6 is 27.5 Å². The summed E-state index contributed by atoms with van der Waals surface area (Å²) >= 11 is 9.49. The van der Waals surface area contributed by atoms with E-state index in [9.17, 15) is 14.9 Å². The smallest absolute Gasteiger partial charge is 0.294 e. The number of carbonyl (C=O) groups is 1. The van der Waals surface area contributed by atoms with E-state index < -0.39 is 4.92 Å². The van der Waals surface area contributed by atoms with Gasteiger partial charge in [0, 0.05) is 23.6 Å². The molecule has 1 amide bonds. The van der Waals surface area contributed by atoms with Crippen LogP contribution in [0, 0.1) is 10.1 Å². The normalized spacial score (nSPS) is 10.4. The predicted octanol–water partition coefficient (Wildman–Crippen LogP) is 5.11. The van der Waals surface area contributed by atoms with E-state index >= 15 is 0 Å². The van der Waals surface area contributed by atoms with Gasteiger partial charge in [0.25, 0.3) is 11.6 Å². The first kappa shape index (κ1) is 19.2. The van der Waals surface area contributed by atoms with Gasteiger partial charge < -0.3 is 10.2 Å². The lowest BCUT2D eigenvalue weighted by Crippen LogP contribution is -2.23. The number of hydrogen-bond acceptors (Lipinski definition) is 4. The standard InChI is InChI=1S/C17H17BrClN3O3/c1-3-21(4-2)15-10-14(13(19)9-16(15)22(24)25)20-17(23)11-7-5-6-8-12(11)18/h5-10H,3-4H2,1-2H3,(H,20,23). The Morgan fingerprint density at radius 3 is 2.48 bits per heavy atom. The van der Waals surface area contributed by atoms with E-state index in [2.05, 4.69) is 21.2 Å². The van der Waals surface area contributed by atoms with Crippen molar-refractivity contribution in [1.29, 1.82) is 0 Å². The van der Waals surface area contributed by atoms with Crippen molar-refractivity contribution in [3.8, 4) is 0 Å². The van der Waals surface area contributed by atoms with Crippen LogP contribution < -0.4 is 10.2 Å². The van der Waals surface area contributed by atoms with Crippen molar-refractivity contribution in [2.45, 2.75) is 13.8 Å². The Bertz CT molecular complexity index is 810. The Morgan fingerprint density at radius 1 is 1.28 bits per heavy atom. The maximum absolute atomic E-state index is 12.5. The number of benzene rings is 2. The average Bonchev–Trinajstić information content (AvgIpc) is 2.58. The Balaban J connectivity index is 2.44. The van der Waals surface area contributed by atoms with Crippen LogP contribution in [-0.4, -0.2) is 23.9 Å². The molecule has 0 fully saturated rings. The van der Waals surface area contributed by atoms with E-state index in [1.807, 2.05) is 18.7 Å². The van der Waals surface area contributed by atoms with Crippen molar-refractivity contribution in [3.63, 3.8) is 0 Å². The van der Waals surface area contributed by atoms with Gasteiger partial charge in [-0.25, -0.2) is 0 Å². The van der Waals surface area contributed by atoms with Gasteiger partial charge in [-0.15, -0.1) is 0 Å². The fourth-order valence-electron chi connectivity index (χ4n) is 2.45. The second-order valence-corrected chi connectivity index (χ2v) is 6.45. The fraction of sp³-hybridized carbons (Fsp3) is 0.235. The number of anilines is 2. The molecule has 0 saturated carbocycles. The molecule has 0 aliphatic rings. The highest BCUT2D eigenvalue weighted by Gasteiger charge is 2.22. The summed E-state index contributed by atoms with van der Waals surface area (Å²) < 4.78 is 0.648. The van der Waals surface area contributed by atoms with E-state index in [0.29, 0.717) is 34.5 Å². The van der Waals surface area contributed by atoms with E-state index in [4.69, 9.17) is 11.6 Å². The van der Waals surface area contributed by atoms with Gasteiger partial charge in [0.1, 0.15) is 5.69 Å². The Labute approximate surface area is 159 Å². The lowest BCUT2D eigenvalue weighted by molar-refractivity contribution is -0.384. The van der Waals surface area contributed by atoms with Crippen LogP contribution in [0.5, 0.6) is 0 Å². The zero-order chi connectivity index (χ0) is 18.6. The summed E-state index contributed by atoms with van der Waals surface area (Å²) in [6.07, 6.45) is 0. The number of halogens is 2. The molecule has 0 radical (unpaired) electrons. The van der Waals surface area contributed by atoms with Crippen molar-refractivity contribution in [3.05, 3.63) is 61.6 Å². The molecule has 0 aromatic heterocycles. The fourth-order valence-corrected chi connectivity index (χ4v) is 3.12. The van der Waals surface area contributed by atoms with Crippen molar-refractivity contribution in [2.24, 2.45) is 0 Å². The second kappa shape index (κ2) is 8.31. The van der Waals surface area contributed by atoms with Gasteiger partial charge >= 0.3 is 0 Å². The first-order chi connectivity index (χ1) is 11.9. The molecule has 1 N–H and O–H groups in total. The molecular weight excluding hydrogens is 410 g/mol. The molecule has 0 heterocycles. The van der Waals surface area contributed by atoms with Gasteiger partial charge in [0.2, 0.25) is 0 Å². The molecule has 0 saturated heterocycles. The van der Waals surface area contributed by atoms with Crippen LogP contribution in [0.1, 0.15) is 24.2 Å². The molecule has 25 heavy (non-hydrogen) atoms. The molecule has 8 heteroatoms. The number of carbonyl (C=O) groups excluding carboxylic acids is 1. The number of nitro benzene ring substituents is 1.